The number of halogens is 3. The van der Waals surface area contributed by atoms with Gasteiger partial charge in [-0.15, -0.1) is 13.2 Å². The SMILES string of the molecule is CC(C)(C)OC(=O)NCC(=Cc1cc(OC(F)(F)F)ccc1N)B1OC(C)(C)C(C)(C)O1. The third kappa shape index (κ3) is 7.06. The van der Waals surface area contributed by atoms with Gasteiger partial charge in [0.05, 0.1) is 11.2 Å². The number of benzene rings is 1. The molecule has 3 N–H and O–H groups in total. The number of nitrogens with one attached hydrogen (secondary N) is 1. The number of hydrogen-bond acceptors (Lipinski definition) is 6. The van der Waals surface area contributed by atoms with E-state index >= 15 is 0 Å². The van der Waals surface area contributed by atoms with Crippen molar-refractivity contribution in [2.24, 2.45) is 0 Å². The van der Waals surface area contributed by atoms with Gasteiger partial charge in [0.25, 0.3) is 0 Å². The minimum Gasteiger partial charge on any atom is -0.444 e. The maximum atomic E-state index is 12.6. The monoisotopic (exact) mass is 458 g/mol. The van der Waals surface area contributed by atoms with Crippen LogP contribution in [0.1, 0.15) is 54.0 Å². The van der Waals surface area contributed by atoms with Gasteiger partial charge in [-0.25, -0.2) is 4.79 Å². The summed E-state index contributed by atoms with van der Waals surface area (Å²) in [7, 11) is -0.874. The molecule has 7 nitrogen and oxygen atoms in total. The molecule has 0 bridgehead atoms. The number of carbonyl (C=O) groups is 1. The van der Waals surface area contributed by atoms with Crippen molar-refractivity contribution in [2.45, 2.75) is 71.6 Å². The van der Waals surface area contributed by atoms with E-state index in [4.69, 9.17) is 19.8 Å². The van der Waals surface area contributed by atoms with Crippen LogP contribution in [0.4, 0.5) is 23.7 Å². The summed E-state index contributed by atoms with van der Waals surface area (Å²) in [5, 5.41) is 2.62. The molecular formula is C21H30BF3N2O5. The summed E-state index contributed by atoms with van der Waals surface area (Å²) in [5.74, 6) is -0.425. The Morgan fingerprint density at radius 1 is 1.16 bits per heavy atom. The number of ether oxygens (including phenoxy) is 2. The summed E-state index contributed by atoms with van der Waals surface area (Å²) >= 11 is 0. The summed E-state index contributed by atoms with van der Waals surface area (Å²) in [6, 6.07) is 3.57. The average Bonchev–Trinajstić information content (AvgIpc) is 2.79. The van der Waals surface area contributed by atoms with Crippen molar-refractivity contribution in [2.75, 3.05) is 12.3 Å². The first kappa shape index (κ1) is 25.9. The summed E-state index contributed by atoms with van der Waals surface area (Å²) in [6.45, 7) is 12.6. The van der Waals surface area contributed by atoms with E-state index in [1.165, 1.54) is 12.1 Å². The molecule has 1 aromatic carbocycles. The molecule has 1 aliphatic rings. The second-order valence-electron chi connectivity index (χ2n) is 9.50. The van der Waals surface area contributed by atoms with Gasteiger partial charge in [-0.1, -0.05) is 6.08 Å². The topological polar surface area (TPSA) is 92.0 Å². The molecular weight excluding hydrogens is 428 g/mol. The number of alkyl carbamates (subject to hydrolysis) is 1. The van der Waals surface area contributed by atoms with Gasteiger partial charge in [0, 0.05) is 17.8 Å². The molecule has 0 saturated carbocycles. The Bertz CT molecular complexity index is 863. The predicted molar refractivity (Wildman–Crippen MR) is 116 cm³/mol. The number of amides is 1. The van der Waals surface area contributed by atoms with Crippen LogP contribution < -0.4 is 15.8 Å². The van der Waals surface area contributed by atoms with Gasteiger partial charge >= 0.3 is 19.6 Å². The summed E-state index contributed by atoms with van der Waals surface area (Å²) in [5.41, 5.74) is 4.83. The molecule has 11 heteroatoms. The van der Waals surface area contributed by atoms with Crippen molar-refractivity contribution in [3.8, 4) is 5.75 Å². The number of nitrogens with two attached hydrogens (primary N) is 1. The van der Waals surface area contributed by atoms with E-state index in [0.29, 0.717) is 5.47 Å². The zero-order chi connectivity index (χ0) is 24.5. The Hall–Kier alpha value is -2.40. The Morgan fingerprint density at radius 3 is 2.22 bits per heavy atom. The predicted octanol–water partition coefficient (Wildman–Crippen LogP) is 4.71. The van der Waals surface area contributed by atoms with Crippen LogP contribution in [0.2, 0.25) is 0 Å². The lowest BCUT2D eigenvalue weighted by atomic mass is 9.77. The molecule has 0 atom stereocenters. The maximum Gasteiger partial charge on any atom is 0.573 e. The average molecular weight is 458 g/mol. The normalized spacial score (nSPS) is 18.4. The highest BCUT2D eigenvalue weighted by atomic mass is 19.4. The fourth-order valence-electron chi connectivity index (χ4n) is 2.76. The first-order chi connectivity index (χ1) is 14.4. The summed E-state index contributed by atoms with van der Waals surface area (Å²) in [6.07, 6.45) is -4.00. The van der Waals surface area contributed by atoms with Crippen LogP contribution in [0.5, 0.6) is 5.75 Å². The van der Waals surface area contributed by atoms with Crippen molar-refractivity contribution in [1.29, 1.82) is 0 Å². The molecule has 0 aromatic heterocycles. The molecule has 1 aliphatic heterocycles. The van der Waals surface area contributed by atoms with Gasteiger partial charge in [0.2, 0.25) is 0 Å². The lowest BCUT2D eigenvalue weighted by Crippen LogP contribution is -2.41. The lowest BCUT2D eigenvalue weighted by Gasteiger charge is -2.32. The van der Waals surface area contributed by atoms with Crippen molar-refractivity contribution in [3.05, 3.63) is 29.2 Å². The van der Waals surface area contributed by atoms with Crippen molar-refractivity contribution >= 4 is 25.0 Å². The molecule has 0 aliphatic carbocycles. The van der Waals surface area contributed by atoms with Crippen LogP contribution in [0.3, 0.4) is 0 Å². The Morgan fingerprint density at radius 2 is 1.72 bits per heavy atom. The highest BCUT2D eigenvalue weighted by Gasteiger charge is 2.52. The van der Waals surface area contributed by atoms with Gasteiger partial charge in [0.1, 0.15) is 11.4 Å². The van der Waals surface area contributed by atoms with E-state index in [2.05, 4.69) is 10.1 Å². The largest absolute Gasteiger partial charge is 0.573 e. The molecule has 178 valence electrons. The summed E-state index contributed by atoms with van der Waals surface area (Å²) in [4.78, 5) is 12.2. The molecule has 1 saturated heterocycles. The van der Waals surface area contributed by atoms with Gasteiger partial charge < -0.3 is 29.8 Å². The first-order valence-electron chi connectivity index (χ1n) is 10.1. The van der Waals surface area contributed by atoms with Crippen molar-refractivity contribution in [1.82, 2.24) is 5.32 Å². The summed E-state index contributed by atoms with van der Waals surface area (Å²) < 4.78 is 59.2. The quantitative estimate of drug-likeness (QED) is 0.491. The van der Waals surface area contributed by atoms with E-state index in [0.717, 1.165) is 12.1 Å². The third-order valence-electron chi connectivity index (χ3n) is 5.02. The minimum atomic E-state index is -4.84. The van der Waals surface area contributed by atoms with Crippen molar-refractivity contribution in [3.63, 3.8) is 0 Å². The van der Waals surface area contributed by atoms with Crippen LogP contribution in [0.25, 0.3) is 6.08 Å². The van der Waals surface area contributed by atoms with E-state index in [-0.39, 0.29) is 17.8 Å². The van der Waals surface area contributed by atoms with E-state index < -0.39 is 42.1 Å². The number of hydrogen-bond donors (Lipinski definition) is 2. The molecule has 2 rings (SSSR count). The third-order valence-corrected chi connectivity index (χ3v) is 5.02. The molecule has 0 radical (unpaired) electrons. The standard InChI is InChI=1S/C21H30BF3N2O5/c1-18(2,3)30-17(28)27-12-14(22-31-19(4,5)20(6,7)32-22)10-13-11-15(8-9-16(13)26)29-21(23,24)25/h8-11H,12,26H2,1-7H3,(H,27,28). The molecule has 0 unspecified atom stereocenters. The molecule has 1 amide bonds. The fraction of sp³-hybridized carbons (Fsp3) is 0.571. The number of rotatable bonds is 5. The maximum absolute atomic E-state index is 12.6. The van der Waals surface area contributed by atoms with Gasteiger partial charge in [0.15, 0.2) is 0 Å². The second-order valence-corrected chi connectivity index (χ2v) is 9.50. The first-order valence-corrected chi connectivity index (χ1v) is 10.1. The zero-order valence-electron chi connectivity index (χ0n) is 19.3. The van der Waals surface area contributed by atoms with Crippen LogP contribution in [0.15, 0.2) is 23.7 Å². The van der Waals surface area contributed by atoms with E-state index in [1.54, 1.807) is 20.8 Å². The van der Waals surface area contributed by atoms with E-state index in [1.807, 2.05) is 27.7 Å². The van der Waals surface area contributed by atoms with Crippen LogP contribution in [-0.4, -0.2) is 42.9 Å². The Labute approximate surface area is 186 Å². The smallest absolute Gasteiger partial charge is 0.444 e. The number of alkyl halides is 3. The van der Waals surface area contributed by atoms with Crippen molar-refractivity contribution < 1.29 is 36.7 Å². The minimum absolute atomic E-state index is 0.0461. The molecule has 0 spiro atoms. The highest BCUT2D eigenvalue weighted by molar-refractivity contribution is 6.56. The number of carbonyl (C=O) groups excluding carboxylic acids is 1. The lowest BCUT2D eigenvalue weighted by molar-refractivity contribution is -0.274. The fourth-order valence-corrected chi connectivity index (χ4v) is 2.76. The van der Waals surface area contributed by atoms with E-state index in [9.17, 15) is 18.0 Å². The van der Waals surface area contributed by atoms with Crippen LogP contribution >= 0.6 is 0 Å². The Balaban J connectivity index is 2.37. The van der Waals surface area contributed by atoms with Gasteiger partial charge in [-0.3, -0.25) is 0 Å². The molecule has 32 heavy (non-hydrogen) atoms. The van der Waals surface area contributed by atoms with Crippen LogP contribution in [0, 0.1) is 0 Å². The van der Waals surface area contributed by atoms with Gasteiger partial charge in [-0.05, 0) is 72.1 Å². The molecule has 1 fully saturated rings. The van der Waals surface area contributed by atoms with Crippen LogP contribution in [-0.2, 0) is 14.0 Å². The number of anilines is 1. The molecule has 1 aromatic rings. The Kier molecular flexibility index (Phi) is 7.16. The highest BCUT2D eigenvalue weighted by Crippen LogP contribution is 2.39. The second kappa shape index (κ2) is 8.86. The number of nitrogen functional groups attached to an aromatic ring is 1. The zero-order valence-corrected chi connectivity index (χ0v) is 19.3. The molecule has 1 heterocycles. The van der Waals surface area contributed by atoms with Gasteiger partial charge in [-0.2, -0.15) is 0 Å².